The van der Waals surface area contributed by atoms with Crippen molar-refractivity contribution in [2.24, 2.45) is 10.1 Å². The third kappa shape index (κ3) is 5.27. The van der Waals surface area contributed by atoms with Crippen molar-refractivity contribution in [3.05, 3.63) is 56.7 Å². The van der Waals surface area contributed by atoms with Gasteiger partial charge >= 0.3 is 0 Å². The molecule has 8 nitrogen and oxygen atoms in total. The highest BCUT2D eigenvalue weighted by atomic mass is 127. The van der Waals surface area contributed by atoms with Crippen LogP contribution < -0.4 is 14.2 Å². The van der Waals surface area contributed by atoms with Crippen LogP contribution in [0, 0.1) is 15.9 Å². The number of aryl methyl sites for hydroxylation is 1. The second-order valence-electron chi connectivity index (χ2n) is 7.41. The third-order valence-electron chi connectivity index (χ3n) is 4.98. The summed E-state index contributed by atoms with van der Waals surface area (Å²) >= 11 is 3.48. The number of amides is 1. The Morgan fingerprint density at radius 1 is 1.18 bits per heavy atom. The Morgan fingerprint density at radius 3 is 2.62 bits per heavy atom. The second-order valence-corrected chi connectivity index (χ2v) is 9.61. The number of thioether (sulfide) groups is 1. The van der Waals surface area contributed by atoms with Crippen LogP contribution in [0.25, 0.3) is 6.08 Å². The summed E-state index contributed by atoms with van der Waals surface area (Å²) in [4.78, 5) is 16.7. The van der Waals surface area contributed by atoms with E-state index < -0.39 is 5.91 Å². The summed E-state index contributed by atoms with van der Waals surface area (Å²) in [6.07, 6.45) is 2.34. The van der Waals surface area contributed by atoms with E-state index in [4.69, 9.17) is 19.6 Å². The Bertz CT molecular complexity index is 1220. The molecule has 10 heteroatoms. The summed E-state index contributed by atoms with van der Waals surface area (Å²) in [5, 5.41) is 15.5. The lowest BCUT2D eigenvalue weighted by Gasteiger charge is -2.20. The first-order valence-electron chi connectivity index (χ1n) is 10.6. The van der Waals surface area contributed by atoms with Crippen molar-refractivity contribution in [3.8, 4) is 17.2 Å². The molecule has 2 aliphatic heterocycles. The summed E-state index contributed by atoms with van der Waals surface area (Å²) in [6.45, 7) is 4.72. The molecule has 2 aliphatic rings. The van der Waals surface area contributed by atoms with E-state index in [9.17, 15) is 4.79 Å². The Balaban J connectivity index is 1.48. The van der Waals surface area contributed by atoms with Crippen LogP contribution in [0.3, 0.4) is 0 Å². The molecule has 2 aromatic carbocycles. The van der Waals surface area contributed by atoms with Crippen LogP contribution >= 0.6 is 34.4 Å². The SMILES string of the molecule is CCC1=NN2C(=N)C(=Cc3cc(I)c(OCCOc4ccc(C)cc4)c(OC)c3)C(=O)N=C2S1. The van der Waals surface area contributed by atoms with Crippen LogP contribution in [-0.2, 0) is 4.79 Å². The number of fused-ring (bicyclic) bond motifs is 1. The Hall–Kier alpha value is -2.86. The molecule has 0 bridgehead atoms. The van der Waals surface area contributed by atoms with Gasteiger partial charge in [0.1, 0.15) is 24.0 Å². The molecular formula is C24H23IN4O4S. The highest BCUT2D eigenvalue weighted by Gasteiger charge is 2.35. The number of ether oxygens (including phenoxy) is 3. The molecule has 0 saturated carbocycles. The standard InChI is InChI=1S/C24H23IN4O4S/c1-4-20-28-29-22(26)17(23(30)27-24(29)34-20)11-15-12-18(25)21(19(13-15)31-3)33-10-9-32-16-7-5-14(2)6-8-16/h5-8,11-13,26H,4,9-10H2,1-3H3. The van der Waals surface area contributed by atoms with Gasteiger partial charge in [0, 0.05) is 0 Å². The molecule has 0 spiro atoms. The Kier molecular flexibility index (Phi) is 7.57. The zero-order valence-corrected chi connectivity index (χ0v) is 21.9. The Labute approximate surface area is 215 Å². The highest BCUT2D eigenvalue weighted by Crippen LogP contribution is 2.35. The number of hydrogen-bond acceptors (Lipinski definition) is 7. The van der Waals surface area contributed by atoms with Gasteiger partial charge in [0.15, 0.2) is 17.3 Å². The number of aliphatic imine (C=N–C) groups is 1. The summed E-state index contributed by atoms with van der Waals surface area (Å²) < 4.78 is 18.0. The van der Waals surface area contributed by atoms with Gasteiger partial charge in [0.05, 0.1) is 16.3 Å². The average molecular weight is 590 g/mol. The van der Waals surface area contributed by atoms with Crippen molar-refractivity contribution in [3.63, 3.8) is 0 Å². The zero-order chi connectivity index (χ0) is 24.2. The van der Waals surface area contributed by atoms with Crippen molar-refractivity contribution < 1.29 is 19.0 Å². The van der Waals surface area contributed by atoms with E-state index in [2.05, 4.69) is 32.7 Å². The van der Waals surface area contributed by atoms with E-state index in [1.54, 1.807) is 19.3 Å². The molecule has 0 aliphatic carbocycles. The van der Waals surface area contributed by atoms with Gasteiger partial charge in [-0.1, -0.05) is 24.6 Å². The topological polar surface area (TPSA) is 96.6 Å². The summed E-state index contributed by atoms with van der Waals surface area (Å²) in [5.41, 5.74) is 2.04. The predicted octanol–water partition coefficient (Wildman–Crippen LogP) is 5.10. The maximum atomic E-state index is 12.6. The minimum absolute atomic E-state index is 0.00788. The quantitative estimate of drug-likeness (QED) is 0.261. The molecule has 1 amide bonds. The number of hydrogen-bond donors (Lipinski definition) is 1. The zero-order valence-electron chi connectivity index (χ0n) is 18.9. The van der Waals surface area contributed by atoms with Crippen molar-refractivity contribution >= 4 is 62.4 Å². The van der Waals surface area contributed by atoms with Gasteiger partial charge in [0.25, 0.3) is 5.91 Å². The number of halogens is 1. The lowest BCUT2D eigenvalue weighted by molar-refractivity contribution is -0.114. The maximum absolute atomic E-state index is 12.6. The molecule has 1 N–H and O–H groups in total. The number of carbonyl (C=O) groups is 1. The molecule has 2 heterocycles. The molecule has 176 valence electrons. The summed E-state index contributed by atoms with van der Waals surface area (Å²) in [7, 11) is 1.56. The monoisotopic (exact) mass is 590 g/mol. The largest absolute Gasteiger partial charge is 0.493 e. The molecule has 0 atom stereocenters. The Morgan fingerprint density at radius 2 is 1.91 bits per heavy atom. The fraction of sp³-hybridized carbons (Fsp3) is 0.250. The fourth-order valence-corrected chi connectivity index (χ4v) is 4.85. The van der Waals surface area contributed by atoms with E-state index in [1.165, 1.54) is 22.3 Å². The number of carbonyl (C=O) groups excluding carboxylic acids is 1. The fourth-order valence-electron chi connectivity index (χ4n) is 3.24. The minimum atomic E-state index is -0.459. The van der Waals surface area contributed by atoms with Crippen molar-refractivity contribution in [2.75, 3.05) is 20.3 Å². The van der Waals surface area contributed by atoms with Crippen LogP contribution in [0.15, 0.2) is 52.1 Å². The van der Waals surface area contributed by atoms with Gasteiger partial charge in [-0.15, -0.1) is 0 Å². The van der Waals surface area contributed by atoms with Gasteiger partial charge in [-0.05, 0) is 83.6 Å². The highest BCUT2D eigenvalue weighted by molar-refractivity contribution is 14.1. The maximum Gasteiger partial charge on any atom is 0.283 e. The minimum Gasteiger partial charge on any atom is -0.493 e. The normalized spacial score (nSPS) is 16.4. The molecule has 0 fully saturated rings. The number of nitrogens with one attached hydrogen (secondary N) is 1. The van der Waals surface area contributed by atoms with Crippen LogP contribution in [-0.4, -0.2) is 47.3 Å². The van der Waals surface area contributed by atoms with E-state index in [0.717, 1.165) is 14.4 Å². The van der Waals surface area contributed by atoms with Crippen LogP contribution in [0.2, 0.25) is 0 Å². The molecule has 2 aromatic rings. The van der Waals surface area contributed by atoms with Crippen LogP contribution in [0.4, 0.5) is 0 Å². The van der Waals surface area contributed by atoms with Gasteiger partial charge in [-0.25, -0.2) is 0 Å². The lowest BCUT2D eigenvalue weighted by atomic mass is 10.1. The van der Waals surface area contributed by atoms with Crippen molar-refractivity contribution in [1.82, 2.24) is 5.01 Å². The second kappa shape index (κ2) is 10.6. The average Bonchev–Trinajstić information content (AvgIpc) is 3.24. The first-order valence-corrected chi connectivity index (χ1v) is 12.5. The van der Waals surface area contributed by atoms with Gasteiger partial charge in [-0.2, -0.15) is 15.1 Å². The molecule has 34 heavy (non-hydrogen) atoms. The molecule has 0 unspecified atom stereocenters. The number of hydrazone groups is 1. The van der Waals surface area contributed by atoms with Crippen LogP contribution in [0.5, 0.6) is 17.2 Å². The van der Waals surface area contributed by atoms with Gasteiger partial charge in [0.2, 0.25) is 5.17 Å². The molecule has 4 rings (SSSR count). The van der Waals surface area contributed by atoms with E-state index in [1.807, 2.05) is 44.2 Å². The van der Waals surface area contributed by atoms with Gasteiger partial charge in [-0.3, -0.25) is 10.2 Å². The number of nitrogens with zero attached hydrogens (tertiary/aromatic N) is 3. The molecule has 0 aromatic heterocycles. The first-order chi connectivity index (χ1) is 16.4. The third-order valence-corrected chi connectivity index (χ3v) is 6.84. The lowest BCUT2D eigenvalue weighted by Crippen LogP contribution is -2.35. The van der Waals surface area contributed by atoms with Crippen molar-refractivity contribution in [2.45, 2.75) is 20.3 Å². The van der Waals surface area contributed by atoms with E-state index in [-0.39, 0.29) is 11.4 Å². The van der Waals surface area contributed by atoms with Crippen LogP contribution in [0.1, 0.15) is 24.5 Å². The van der Waals surface area contributed by atoms with Crippen molar-refractivity contribution in [1.29, 1.82) is 5.41 Å². The number of amidine groups is 2. The smallest absolute Gasteiger partial charge is 0.283 e. The van der Waals surface area contributed by atoms with E-state index in [0.29, 0.717) is 41.9 Å². The first kappa shape index (κ1) is 24.3. The van der Waals surface area contributed by atoms with E-state index >= 15 is 0 Å². The molecule has 0 radical (unpaired) electrons. The number of rotatable bonds is 8. The number of methoxy groups -OCH3 is 1. The molecule has 0 saturated heterocycles. The summed E-state index contributed by atoms with van der Waals surface area (Å²) in [6, 6.07) is 11.5. The number of benzene rings is 2. The predicted molar refractivity (Wildman–Crippen MR) is 143 cm³/mol. The molecular weight excluding hydrogens is 567 g/mol. The van der Waals surface area contributed by atoms with Gasteiger partial charge < -0.3 is 14.2 Å². The summed E-state index contributed by atoms with van der Waals surface area (Å²) in [5.74, 6) is 1.45.